The molecule has 0 radical (unpaired) electrons. The van der Waals surface area contributed by atoms with Crippen LogP contribution in [0.15, 0.2) is 46.0 Å². The number of rotatable bonds is 6. The van der Waals surface area contributed by atoms with Gasteiger partial charge < -0.3 is 0 Å². The van der Waals surface area contributed by atoms with E-state index in [2.05, 4.69) is 0 Å². The monoisotopic (exact) mass is 431 g/mol. The summed E-state index contributed by atoms with van der Waals surface area (Å²) < 4.78 is 28.1. The second kappa shape index (κ2) is 7.71. The highest BCUT2D eigenvalue weighted by Gasteiger charge is 2.51. The maximum atomic E-state index is 13.4. The maximum Gasteiger partial charge on any atom is 0.253 e. The summed E-state index contributed by atoms with van der Waals surface area (Å²) >= 11 is 1.08. The molecule has 2 heterocycles. The number of benzene rings is 1. The lowest BCUT2D eigenvalue weighted by atomic mass is 10.00. The zero-order valence-corrected chi connectivity index (χ0v) is 18.0. The summed E-state index contributed by atoms with van der Waals surface area (Å²) in [5.74, 6) is -1.05. The van der Waals surface area contributed by atoms with Crippen molar-refractivity contribution in [3.8, 4) is 6.07 Å². The molecule has 0 aliphatic carbocycles. The first-order valence-corrected chi connectivity index (χ1v) is 11.4. The lowest BCUT2D eigenvalue weighted by Gasteiger charge is -2.39. The van der Waals surface area contributed by atoms with E-state index >= 15 is 0 Å². The van der Waals surface area contributed by atoms with E-state index in [4.69, 9.17) is 5.26 Å². The molecule has 2 aromatic rings. The summed E-state index contributed by atoms with van der Waals surface area (Å²) in [6.45, 7) is 5.34. The lowest BCUT2D eigenvalue weighted by Crippen LogP contribution is -2.55. The van der Waals surface area contributed by atoms with Crippen LogP contribution in [0, 0.1) is 11.3 Å². The van der Waals surface area contributed by atoms with Crippen LogP contribution in [0.2, 0.25) is 0 Å². The van der Waals surface area contributed by atoms with Crippen LogP contribution in [0.3, 0.4) is 0 Å². The van der Waals surface area contributed by atoms with Gasteiger partial charge in [0.25, 0.3) is 15.9 Å². The summed E-state index contributed by atoms with van der Waals surface area (Å²) in [6, 6.07) is 10.0. The van der Waals surface area contributed by atoms with Gasteiger partial charge in [-0.1, -0.05) is 13.0 Å². The molecular formula is C20H21N3O4S2. The Morgan fingerprint density at radius 3 is 2.41 bits per heavy atom. The number of thiophene rings is 1. The molecule has 1 aromatic heterocycles. The van der Waals surface area contributed by atoms with Crippen molar-refractivity contribution in [1.29, 1.82) is 5.26 Å². The molecule has 152 valence electrons. The van der Waals surface area contributed by atoms with Gasteiger partial charge in [-0.2, -0.15) is 9.57 Å². The van der Waals surface area contributed by atoms with Crippen molar-refractivity contribution in [2.24, 2.45) is 0 Å². The average molecular weight is 432 g/mol. The first kappa shape index (κ1) is 21.2. The molecule has 0 saturated carbocycles. The number of sulfonamides is 1. The van der Waals surface area contributed by atoms with Crippen molar-refractivity contribution in [2.75, 3.05) is 4.90 Å². The predicted molar refractivity (Wildman–Crippen MR) is 110 cm³/mol. The third kappa shape index (κ3) is 3.71. The number of nitrogens with zero attached hydrogens (tertiary/aromatic N) is 3. The summed E-state index contributed by atoms with van der Waals surface area (Å²) in [6.07, 6.45) is 0.235. The Morgan fingerprint density at radius 2 is 1.90 bits per heavy atom. The van der Waals surface area contributed by atoms with Crippen LogP contribution in [-0.2, 0) is 19.6 Å². The predicted octanol–water partition coefficient (Wildman–Crippen LogP) is 3.13. The number of hydrogen-bond acceptors (Lipinski definition) is 6. The highest BCUT2D eigenvalue weighted by molar-refractivity contribution is 7.91. The molecule has 0 spiro atoms. The number of carbonyl (C=O) groups excluding carboxylic acids is 2. The van der Waals surface area contributed by atoms with Crippen LogP contribution in [0.1, 0.15) is 39.2 Å². The van der Waals surface area contributed by atoms with Crippen molar-refractivity contribution in [1.82, 2.24) is 4.31 Å². The van der Waals surface area contributed by atoms with Crippen molar-refractivity contribution in [3.63, 3.8) is 0 Å². The van der Waals surface area contributed by atoms with E-state index in [1.165, 1.54) is 34.6 Å². The molecule has 7 nitrogen and oxygen atoms in total. The van der Waals surface area contributed by atoms with Gasteiger partial charge in [0.2, 0.25) is 5.91 Å². The number of imide groups is 1. The van der Waals surface area contributed by atoms with E-state index in [1.54, 1.807) is 25.3 Å². The van der Waals surface area contributed by atoms with E-state index in [0.717, 1.165) is 16.2 Å². The van der Waals surface area contributed by atoms with Crippen LogP contribution in [0.25, 0.3) is 0 Å². The van der Waals surface area contributed by atoms with Gasteiger partial charge in [-0.05, 0) is 56.0 Å². The van der Waals surface area contributed by atoms with Gasteiger partial charge in [-0.25, -0.2) is 13.3 Å². The zero-order chi connectivity index (χ0) is 21.4. The lowest BCUT2D eigenvalue weighted by molar-refractivity contribution is -0.122. The fourth-order valence-electron chi connectivity index (χ4n) is 3.33. The molecule has 1 fully saturated rings. The molecule has 29 heavy (non-hydrogen) atoms. The molecule has 0 bridgehead atoms. The van der Waals surface area contributed by atoms with Gasteiger partial charge in [0.15, 0.2) is 0 Å². The Hall–Kier alpha value is -2.54. The van der Waals surface area contributed by atoms with Crippen LogP contribution >= 0.6 is 11.3 Å². The number of anilines is 1. The fourth-order valence-corrected chi connectivity index (χ4v) is 6.40. The first-order valence-electron chi connectivity index (χ1n) is 9.08. The third-order valence-corrected chi connectivity index (χ3v) is 8.62. The average Bonchev–Trinajstić information content (AvgIpc) is 3.31. The molecule has 1 saturated heterocycles. The Balaban J connectivity index is 2.04. The van der Waals surface area contributed by atoms with Gasteiger partial charge in [-0.3, -0.25) is 9.59 Å². The molecule has 1 aliphatic rings. The van der Waals surface area contributed by atoms with Crippen LogP contribution in [-0.4, -0.2) is 36.1 Å². The summed E-state index contributed by atoms with van der Waals surface area (Å²) in [5.41, 5.74) is -0.146. The largest absolute Gasteiger partial charge is 0.274 e. The standard InChI is InChI=1S/C20H21N3O4S2/c1-4-20(2,3)23(29(26,27)18-6-5-11-28-18)16-12-17(24)22(19(16)25)15-9-7-14(13-21)8-10-15/h5-11,16H,4,12H2,1-3H3. The maximum absolute atomic E-state index is 13.4. The highest BCUT2D eigenvalue weighted by Crippen LogP contribution is 2.36. The highest BCUT2D eigenvalue weighted by atomic mass is 32.2. The minimum absolute atomic E-state index is 0.135. The van der Waals surface area contributed by atoms with Crippen molar-refractivity contribution in [2.45, 2.75) is 49.4 Å². The zero-order valence-electron chi connectivity index (χ0n) is 16.3. The quantitative estimate of drug-likeness (QED) is 0.655. The molecule has 2 amide bonds. The number of hydrogen-bond donors (Lipinski definition) is 0. The van der Waals surface area contributed by atoms with Crippen LogP contribution in [0.4, 0.5) is 5.69 Å². The summed E-state index contributed by atoms with van der Waals surface area (Å²) in [7, 11) is -3.97. The van der Waals surface area contributed by atoms with Gasteiger partial charge >= 0.3 is 0 Å². The Labute approximate surface area is 174 Å². The van der Waals surface area contributed by atoms with Gasteiger partial charge in [-0.15, -0.1) is 11.3 Å². The Morgan fingerprint density at radius 1 is 1.24 bits per heavy atom. The minimum Gasteiger partial charge on any atom is -0.274 e. The van der Waals surface area contributed by atoms with Crippen LogP contribution in [0.5, 0.6) is 0 Å². The smallest absolute Gasteiger partial charge is 0.253 e. The number of nitriles is 1. The van der Waals surface area contributed by atoms with E-state index in [0.29, 0.717) is 17.7 Å². The molecule has 1 unspecified atom stereocenters. The fraction of sp³-hybridized carbons (Fsp3) is 0.350. The van der Waals surface area contributed by atoms with E-state index < -0.39 is 33.4 Å². The van der Waals surface area contributed by atoms with Crippen LogP contribution < -0.4 is 4.90 Å². The molecule has 1 aromatic carbocycles. The van der Waals surface area contributed by atoms with Gasteiger partial charge in [0, 0.05) is 5.54 Å². The molecule has 1 aliphatic heterocycles. The Bertz CT molecular complexity index is 1070. The van der Waals surface area contributed by atoms with Crippen molar-refractivity contribution >= 4 is 38.9 Å². The van der Waals surface area contributed by atoms with E-state index in [1.807, 2.05) is 13.0 Å². The third-order valence-electron chi connectivity index (χ3n) is 5.13. The summed E-state index contributed by atoms with van der Waals surface area (Å²) in [4.78, 5) is 26.9. The minimum atomic E-state index is -3.97. The number of amides is 2. The topological polar surface area (TPSA) is 98.5 Å². The second-order valence-electron chi connectivity index (χ2n) is 7.34. The van der Waals surface area contributed by atoms with Gasteiger partial charge in [0.1, 0.15) is 10.3 Å². The molecular weight excluding hydrogens is 410 g/mol. The van der Waals surface area contributed by atoms with E-state index in [-0.39, 0.29) is 10.6 Å². The van der Waals surface area contributed by atoms with Crippen molar-refractivity contribution < 1.29 is 18.0 Å². The van der Waals surface area contributed by atoms with E-state index in [9.17, 15) is 18.0 Å². The molecule has 1 atom stereocenters. The van der Waals surface area contributed by atoms with Crippen molar-refractivity contribution in [3.05, 3.63) is 47.3 Å². The molecule has 0 N–H and O–H groups in total. The number of carbonyl (C=O) groups is 2. The second-order valence-corrected chi connectivity index (χ2v) is 10.3. The van der Waals surface area contributed by atoms with Gasteiger partial charge in [0.05, 0.1) is 23.7 Å². The summed E-state index contributed by atoms with van der Waals surface area (Å²) in [5, 5.41) is 10.6. The molecule has 3 rings (SSSR count). The normalized spacial score (nSPS) is 17.8. The Kier molecular flexibility index (Phi) is 5.63. The first-order chi connectivity index (χ1) is 13.6. The SMILES string of the molecule is CCC(C)(C)N(C1CC(=O)N(c2ccc(C#N)cc2)C1=O)S(=O)(=O)c1cccs1. The molecule has 9 heteroatoms.